The van der Waals surface area contributed by atoms with Crippen molar-refractivity contribution in [2.24, 2.45) is 46.3 Å². The fourth-order valence-corrected chi connectivity index (χ4v) is 8.94. The van der Waals surface area contributed by atoms with E-state index >= 15 is 0 Å². The molecule has 30 heavy (non-hydrogen) atoms. The van der Waals surface area contributed by atoms with E-state index in [-0.39, 0.29) is 17.3 Å². The first kappa shape index (κ1) is 22.7. The second kappa shape index (κ2) is 8.80. The van der Waals surface area contributed by atoms with Gasteiger partial charge in [-0.3, -0.25) is 4.79 Å². The summed E-state index contributed by atoms with van der Waals surface area (Å²) in [7, 11) is 0. The van der Waals surface area contributed by atoms with Crippen molar-refractivity contribution in [3.05, 3.63) is 11.6 Å². The topological polar surface area (TPSA) is 26.3 Å². The smallest absolute Gasteiger partial charge is 0.328 e. The number of hydrogen-bond acceptors (Lipinski definition) is 2. The van der Waals surface area contributed by atoms with Gasteiger partial charge in [0.05, 0.1) is 5.92 Å². The Morgan fingerprint density at radius 3 is 2.70 bits per heavy atom. The number of allylic oxidation sites excluding steroid dienone is 2. The maximum absolute atomic E-state index is 12.0. The van der Waals surface area contributed by atoms with Crippen molar-refractivity contribution < 1.29 is 9.08 Å². The fourth-order valence-electron chi connectivity index (χ4n) is 8.82. The number of unbranched alkanes of at least 4 members (excludes halogenated alkanes) is 2. The molecule has 3 saturated carbocycles. The Balaban J connectivity index is 1.50. The van der Waals surface area contributed by atoms with Crippen molar-refractivity contribution in [2.45, 2.75) is 105 Å². The minimum atomic E-state index is -0.228. The number of rotatable bonds is 6. The molecule has 0 radical (unpaired) electrons. The lowest BCUT2D eigenvalue weighted by atomic mass is 9.46. The third-order valence-corrected chi connectivity index (χ3v) is 10.7. The molecule has 0 spiro atoms. The van der Waals surface area contributed by atoms with Crippen molar-refractivity contribution in [1.82, 2.24) is 0 Å². The predicted octanol–water partition coefficient (Wildman–Crippen LogP) is 8.10. The van der Waals surface area contributed by atoms with Crippen molar-refractivity contribution >= 4 is 17.8 Å². The van der Waals surface area contributed by atoms with E-state index in [2.05, 4.69) is 38.1 Å². The summed E-state index contributed by atoms with van der Waals surface area (Å²) in [4.78, 5) is 12.0. The zero-order chi connectivity index (χ0) is 21.5. The molecule has 8 unspecified atom stereocenters. The molecule has 0 aromatic rings. The molecule has 4 aliphatic carbocycles. The molecule has 0 heterocycles. The van der Waals surface area contributed by atoms with Crippen LogP contribution in [0, 0.1) is 46.3 Å². The molecule has 0 amide bonds. The monoisotopic (exact) mass is 434 g/mol. The van der Waals surface area contributed by atoms with Crippen LogP contribution in [0.15, 0.2) is 11.6 Å². The molecule has 8 atom stereocenters. The van der Waals surface area contributed by atoms with Crippen LogP contribution in [0.1, 0.15) is 105 Å². The molecule has 0 N–H and O–H groups in total. The van der Waals surface area contributed by atoms with Gasteiger partial charge in [-0.2, -0.15) is 0 Å². The lowest BCUT2D eigenvalue weighted by molar-refractivity contribution is -0.140. The second-order valence-corrected chi connectivity index (χ2v) is 12.0. The first-order chi connectivity index (χ1) is 14.3. The summed E-state index contributed by atoms with van der Waals surface area (Å²) in [6.45, 7) is 10.0. The largest absolute Gasteiger partial charge is 0.347 e. The van der Waals surface area contributed by atoms with Gasteiger partial charge in [0.1, 0.15) is 11.9 Å². The van der Waals surface area contributed by atoms with Crippen LogP contribution in [0.2, 0.25) is 0 Å². The van der Waals surface area contributed by atoms with Crippen molar-refractivity contribution in [1.29, 1.82) is 0 Å². The molecular formula is C27H43ClO2. The van der Waals surface area contributed by atoms with Crippen molar-refractivity contribution in [3.8, 4) is 0 Å². The Morgan fingerprint density at radius 1 is 1.17 bits per heavy atom. The van der Waals surface area contributed by atoms with E-state index in [1.54, 1.807) is 0 Å². The number of carbonyl (C=O) groups excluding carboxylic acids is 1. The third kappa shape index (κ3) is 3.67. The molecule has 170 valence electrons. The van der Waals surface area contributed by atoms with Gasteiger partial charge in [0.15, 0.2) is 0 Å². The van der Waals surface area contributed by atoms with Crippen LogP contribution >= 0.6 is 11.9 Å². The number of hydrogen-bond donors (Lipinski definition) is 0. The van der Waals surface area contributed by atoms with E-state index < -0.39 is 0 Å². The second-order valence-electron chi connectivity index (χ2n) is 11.8. The van der Waals surface area contributed by atoms with Crippen LogP contribution in [0.3, 0.4) is 0 Å². The highest BCUT2D eigenvalue weighted by molar-refractivity contribution is 6.13. The van der Waals surface area contributed by atoms with Gasteiger partial charge in [0.2, 0.25) is 0 Å². The Morgan fingerprint density at radius 2 is 1.97 bits per heavy atom. The minimum Gasteiger partial charge on any atom is -0.347 e. The molecule has 0 aromatic heterocycles. The normalized spacial score (nSPS) is 43.8. The average Bonchev–Trinajstić information content (AvgIpc) is 3.10. The molecule has 0 saturated heterocycles. The zero-order valence-electron chi connectivity index (χ0n) is 19.7. The SMILES string of the molecule is CCCCCC(C)C1CCC2C3CC=C4CC(C(=O)OCl)CCC4(C)C3CCC12C. The minimum absolute atomic E-state index is 0.0351. The fraction of sp³-hybridized carbons (Fsp3) is 0.889. The van der Waals surface area contributed by atoms with E-state index in [9.17, 15) is 4.79 Å². The highest BCUT2D eigenvalue weighted by Gasteiger charge is 2.59. The molecule has 0 aliphatic heterocycles. The van der Waals surface area contributed by atoms with Gasteiger partial charge in [-0.05, 0) is 91.8 Å². The average molecular weight is 435 g/mol. The Bertz CT molecular complexity index is 672. The summed E-state index contributed by atoms with van der Waals surface area (Å²) >= 11 is 5.39. The summed E-state index contributed by atoms with van der Waals surface area (Å²) < 4.78 is 4.55. The van der Waals surface area contributed by atoms with Crippen LogP contribution in [0.25, 0.3) is 0 Å². The maximum atomic E-state index is 12.0. The van der Waals surface area contributed by atoms with Gasteiger partial charge >= 0.3 is 5.97 Å². The van der Waals surface area contributed by atoms with E-state index in [4.69, 9.17) is 11.9 Å². The Hall–Kier alpha value is -0.500. The summed E-state index contributed by atoms with van der Waals surface area (Å²) in [5.41, 5.74) is 2.37. The summed E-state index contributed by atoms with van der Waals surface area (Å²) in [6.07, 6.45) is 18.0. The summed E-state index contributed by atoms with van der Waals surface area (Å²) in [6, 6.07) is 0. The molecule has 0 bridgehead atoms. The lowest BCUT2D eigenvalue weighted by Gasteiger charge is -2.58. The van der Waals surface area contributed by atoms with Crippen LogP contribution in [0.5, 0.6) is 0 Å². The Kier molecular flexibility index (Phi) is 6.65. The van der Waals surface area contributed by atoms with Crippen molar-refractivity contribution in [3.63, 3.8) is 0 Å². The van der Waals surface area contributed by atoms with E-state index in [1.807, 2.05) is 0 Å². The summed E-state index contributed by atoms with van der Waals surface area (Å²) in [5, 5.41) is 0. The van der Waals surface area contributed by atoms with Gasteiger partial charge < -0.3 is 4.29 Å². The van der Waals surface area contributed by atoms with Crippen LogP contribution < -0.4 is 0 Å². The summed E-state index contributed by atoms with van der Waals surface area (Å²) in [5.74, 6) is 4.09. The van der Waals surface area contributed by atoms with Crippen LogP contribution in [-0.4, -0.2) is 5.97 Å². The van der Waals surface area contributed by atoms with Gasteiger partial charge in [-0.15, -0.1) is 0 Å². The lowest BCUT2D eigenvalue weighted by Crippen LogP contribution is -2.50. The van der Waals surface area contributed by atoms with E-state index in [0.717, 1.165) is 48.9 Å². The first-order valence-electron chi connectivity index (χ1n) is 12.9. The zero-order valence-corrected chi connectivity index (χ0v) is 20.5. The number of carbonyl (C=O) groups is 1. The van der Waals surface area contributed by atoms with Gasteiger partial charge in [0.25, 0.3) is 0 Å². The van der Waals surface area contributed by atoms with Crippen LogP contribution in [-0.2, 0) is 9.08 Å². The first-order valence-corrected chi connectivity index (χ1v) is 13.2. The predicted molar refractivity (Wildman–Crippen MR) is 124 cm³/mol. The molecule has 0 aromatic carbocycles. The number of halogens is 1. The van der Waals surface area contributed by atoms with Gasteiger partial charge in [0, 0.05) is 0 Å². The third-order valence-electron chi connectivity index (χ3n) is 10.5. The number of fused-ring (bicyclic) bond motifs is 5. The standard InChI is InChI=1S/C27H43ClO2/c1-5-6-7-8-18(2)22-11-12-23-21-10-9-20-17-19(25(29)30-28)13-15-26(20,3)24(21)14-16-27(22,23)4/h9,18-19,21-24H,5-8,10-17H2,1-4H3. The molecule has 2 nitrogen and oxygen atoms in total. The molecule has 4 rings (SSSR count). The maximum Gasteiger partial charge on any atom is 0.328 e. The van der Waals surface area contributed by atoms with Gasteiger partial charge in [-0.1, -0.05) is 65.0 Å². The van der Waals surface area contributed by atoms with E-state index in [1.165, 1.54) is 63.4 Å². The highest BCUT2D eigenvalue weighted by Crippen LogP contribution is 2.67. The Labute approximate surface area is 189 Å². The molecule has 4 aliphatic rings. The van der Waals surface area contributed by atoms with Crippen LogP contribution in [0.4, 0.5) is 0 Å². The quantitative estimate of drug-likeness (QED) is 0.311. The molecule has 3 heteroatoms. The highest BCUT2D eigenvalue weighted by atomic mass is 35.5. The van der Waals surface area contributed by atoms with Gasteiger partial charge in [-0.25, -0.2) is 0 Å². The molecular weight excluding hydrogens is 392 g/mol. The molecule has 3 fully saturated rings. The van der Waals surface area contributed by atoms with Crippen molar-refractivity contribution in [2.75, 3.05) is 0 Å². The van der Waals surface area contributed by atoms with E-state index in [0.29, 0.717) is 5.41 Å².